The molecule has 0 radical (unpaired) electrons. The molecule has 5 nitrogen and oxygen atoms in total. The zero-order chi connectivity index (χ0) is 15.0. The van der Waals surface area contributed by atoms with Crippen molar-refractivity contribution >= 4 is 5.82 Å². The zero-order valence-electron chi connectivity index (χ0n) is 12.8. The van der Waals surface area contributed by atoms with Gasteiger partial charge in [0.1, 0.15) is 5.82 Å². The Morgan fingerprint density at radius 3 is 2.95 bits per heavy atom. The van der Waals surface area contributed by atoms with Gasteiger partial charge < -0.3 is 15.0 Å². The van der Waals surface area contributed by atoms with Crippen LogP contribution in [0.1, 0.15) is 33.2 Å². The smallest absolute Gasteiger partial charge is 0.132 e. The monoisotopic (exact) mass is 286 g/mol. The minimum Gasteiger partial charge on any atom is -0.383 e. The van der Waals surface area contributed by atoms with E-state index in [-0.39, 0.29) is 5.41 Å². The molecule has 1 aliphatic carbocycles. The molecule has 21 heavy (non-hydrogen) atoms. The van der Waals surface area contributed by atoms with Gasteiger partial charge in [-0.25, -0.2) is 9.97 Å². The van der Waals surface area contributed by atoms with Gasteiger partial charge in [0.15, 0.2) is 0 Å². The summed E-state index contributed by atoms with van der Waals surface area (Å²) in [6.07, 6.45) is 6.75. The molecule has 0 saturated heterocycles. The van der Waals surface area contributed by atoms with Crippen molar-refractivity contribution < 1.29 is 4.74 Å². The fourth-order valence-corrected chi connectivity index (χ4v) is 3.22. The van der Waals surface area contributed by atoms with E-state index in [1.165, 1.54) is 0 Å². The summed E-state index contributed by atoms with van der Waals surface area (Å²) >= 11 is 0. The van der Waals surface area contributed by atoms with Crippen LogP contribution in [0.2, 0.25) is 0 Å². The molecule has 2 unspecified atom stereocenters. The molecule has 0 spiro atoms. The lowest BCUT2D eigenvalue weighted by Crippen LogP contribution is -2.51. The van der Waals surface area contributed by atoms with Crippen molar-refractivity contribution in [2.24, 2.45) is 5.41 Å². The van der Waals surface area contributed by atoms with Gasteiger partial charge in [-0.3, -0.25) is 0 Å². The predicted molar refractivity (Wildman–Crippen MR) is 82.7 cm³/mol. The lowest BCUT2D eigenvalue weighted by Gasteiger charge is -2.52. The molecule has 1 fully saturated rings. The number of ether oxygens (including phenoxy) is 1. The van der Waals surface area contributed by atoms with Crippen molar-refractivity contribution in [3.05, 3.63) is 30.9 Å². The largest absolute Gasteiger partial charge is 0.383 e. The lowest BCUT2D eigenvalue weighted by atomic mass is 9.64. The van der Waals surface area contributed by atoms with Crippen molar-refractivity contribution in [1.82, 2.24) is 14.5 Å². The van der Waals surface area contributed by atoms with Gasteiger partial charge in [0.2, 0.25) is 0 Å². The van der Waals surface area contributed by atoms with E-state index in [9.17, 15) is 0 Å². The Kier molecular flexibility index (Phi) is 3.45. The number of hydrogen-bond acceptors (Lipinski definition) is 4. The molecule has 1 aliphatic rings. The summed E-state index contributed by atoms with van der Waals surface area (Å²) in [6.45, 7) is 7.30. The molecule has 112 valence electrons. The van der Waals surface area contributed by atoms with Crippen LogP contribution < -0.4 is 5.73 Å². The van der Waals surface area contributed by atoms with E-state index < -0.39 is 0 Å². The SMILES string of the molecule is CCOC1CC(n2cncc2-c2cccnc2N)C1(C)C. The van der Waals surface area contributed by atoms with E-state index in [2.05, 4.69) is 28.4 Å². The Balaban J connectivity index is 1.93. The van der Waals surface area contributed by atoms with Gasteiger partial charge >= 0.3 is 0 Å². The number of nitrogen functional groups attached to an aromatic ring is 1. The van der Waals surface area contributed by atoms with Crippen molar-refractivity contribution in [2.75, 3.05) is 12.3 Å². The van der Waals surface area contributed by atoms with Gasteiger partial charge in [0.25, 0.3) is 0 Å². The molecule has 3 rings (SSSR count). The van der Waals surface area contributed by atoms with Crippen LogP contribution in [-0.4, -0.2) is 27.2 Å². The van der Waals surface area contributed by atoms with Crippen LogP contribution in [0.3, 0.4) is 0 Å². The van der Waals surface area contributed by atoms with Gasteiger partial charge in [-0.1, -0.05) is 13.8 Å². The fraction of sp³-hybridized carbons (Fsp3) is 0.500. The molecular formula is C16H22N4O. The molecule has 2 aromatic rings. The van der Waals surface area contributed by atoms with Crippen LogP contribution >= 0.6 is 0 Å². The highest BCUT2D eigenvalue weighted by atomic mass is 16.5. The van der Waals surface area contributed by atoms with Crippen LogP contribution in [0, 0.1) is 5.41 Å². The maximum atomic E-state index is 6.01. The molecule has 2 aromatic heterocycles. The number of aromatic nitrogens is 3. The quantitative estimate of drug-likeness (QED) is 0.938. The highest BCUT2D eigenvalue weighted by molar-refractivity contribution is 5.70. The second-order valence-electron chi connectivity index (χ2n) is 6.14. The first-order chi connectivity index (χ1) is 10.1. The maximum Gasteiger partial charge on any atom is 0.132 e. The number of nitrogens with zero attached hydrogens (tertiary/aromatic N) is 3. The summed E-state index contributed by atoms with van der Waals surface area (Å²) in [5.41, 5.74) is 8.05. The normalized spacial score (nSPS) is 23.8. The van der Waals surface area contributed by atoms with Crippen LogP contribution in [-0.2, 0) is 4.74 Å². The first kappa shape index (κ1) is 14.1. The molecule has 0 bridgehead atoms. The van der Waals surface area contributed by atoms with Crippen LogP contribution in [0.4, 0.5) is 5.82 Å². The van der Waals surface area contributed by atoms with E-state index >= 15 is 0 Å². The molecular weight excluding hydrogens is 264 g/mol. The van der Waals surface area contributed by atoms with Gasteiger partial charge in [-0.2, -0.15) is 0 Å². The van der Waals surface area contributed by atoms with E-state index in [1.54, 1.807) is 6.20 Å². The summed E-state index contributed by atoms with van der Waals surface area (Å²) in [6, 6.07) is 4.26. The third-order valence-electron chi connectivity index (χ3n) is 4.61. The van der Waals surface area contributed by atoms with E-state index in [0.717, 1.165) is 24.3 Å². The van der Waals surface area contributed by atoms with E-state index in [0.29, 0.717) is 18.0 Å². The summed E-state index contributed by atoms with van der Waals surface area (Å²) in [5, 5.41) is 0. The molecule has 5 heteroatoms. The molecule has 1 saturated carbocycles. The fourth-order valence-electron chi connectivity index (χ4n) is 3.22. The third kappa shape index (κ3) is 2.21. The minimum atomic E-state index is 0.0857. The second-order valence-corrected chi connectivity index (χ2v) is 6.14. The highest BCUT2D eigenvalue weighted by Crippen LogP contribution is 2.52. The van der Waals surface area contributed by atoms with Gasteiger partial charge in [0.05, 0.1) is 24.3 Å². The van der Waals surface area contributed by atoms with Crippen molar-refractivity contribution in [2.45, 2.75) is 39.3 Å². The number of imidazole rings is 1. The minimum absolute atomic E-state index is 0.0857. The Hall–Kier alpha value is -1.88. The summed E-state index contributed by atoms with van der Waals surface area (Å²) < 4.78 is 8.03. The number of anilines is 1. The van der Waals surface area contributed by atoms with Crippen LogP contribution in [0.5, 0.6) is 0 Å². The topological polar surface area (TPSA) is 66.0 Å². The molecule has 2 atom stereocenters. The van der Waals surface area contributed by atoms with Gasteiger partial charge in [-0.15, -0.1) is 0 Å². The Bertz CT molecular complexity index is 635. The number of rotatable bonds is 4. The number of hydrogen-bond donors (Lipinski definition) is 1. The summed E-state index contributed by atoms with van der Waals surface area (Å²) in [5.74, 6) is 0.540. The Morgan fingerprint density at radius 2 is 2.29 bits per heavy atom. The van der Waals surface area contributed by atoms with Gasteiger partial charge in [0, 0.05) is 29.8 Å². The van der Waals surface area contributed by atoms with Crippen LogP contribution in [0.15, 0.2) is 30.9 Å². The summed E-state index contributed by atoms with van der Waals surface area (Å²) in [7, 11) is 0. The van der Waals surface area contributed by atoms with E-state index in [4.69, 9.17) is 10.5 Å². The van der Waals surface area contributed by atoms with Crippen molar-refractivity contribution in [3.8, 4) is 11.3 Å². The average molecular weight is 286 g/mol. The van der Waals surface area contributed by atoms with Gasteiger partial charge in [-0.05, 0) is 25.5 Å². The second kappa shape index (κ2) is 5.15. The number of pyridine rings is 1. The predicted octanol–water partition coefficient (Wildman–Crippen LogP) is 2.90. The average Bonchev–Trinajstić information content (AvgIpc) is 2.92. The highest BCUT2D eigenvalue weighted by Gasteiger charge is 2.50. The molecule has 0 aliphatic heterocycles. The van der Waals surface area contributed by atoms with Crippen molar-refractivity contribution in [1.29, 1.82) is 0 Å². The van der Waals surface area contributed by atoms with Crippen LogP contribution in [0.25, 0.3) is 11.3 Å². The Morgan fingerprint density at radius 1 is 1.48 bits per heavy atom. The van der Waals surface area contributed by atoms with Crippen molar-refractivity contribution in [3.63, 3.8) is 0 Å². The third-order valence-corrected chi connectivity index (χ3v) is 4.61. The van der Waals surface area contributed by atoms with E-state index in [1.807, 2.05) is 31.6 Å². The maximum absolute atomic E-state index is 6.01. The molecule has 2 N–H and O–H groups in total. The lowest BCUT2D eigenvalue weighted by molar-refractivity contribution is -0.127. The molecule has 0 aromatic carbocycles. The zero-order valence-corrected chi connectivity index (χ0v) is 12.8. The molecule has 0 amide bonds. The first-order valence-electron chi connectivity index (χ1n) is 7.40. The molecule has 2 heterocycles. The summed E-state index contributed by atoms with van der Waals surface area (Å²) in [4.78, 5) is 8.49. The number of nitrogens with two attached hydrogens (primary N) is 1. The standard InChI is InChI=1S/C16H22N4O/c1-4-21-14-8-13(16(14,2)3)20-10-18-9-12(20)11-6-5-7-19-15(11)17/h5-7,9-10,13-14H,4,8H2,1-3H3,(H2,17,19). The first-order valence-corrected chi connectivity index (χ1v) is 7.40. The Labute approximate surface area is 125 Å².